The monoisotopic (exact) mass is 314 g/mol. The summed E-state index contributed by atoms with van der Waals surface area (Å²) >= 11 is 0. The summed E-state index contributed by atoms with van der Waals surface area (Å²) in [6, 6.07) is 6.00. The van der Waals surface area contributed by atoms with E-state index in [4.69, 9.17) is 0 Å². The zero-order chi connectivity index (χ0) is 16.1. The SMILES string of the molecule is C[C@@H](Cn1cccn1)C(=O)N1CCC(Nc2cccnn2)CC1. The van der Waals surface area contributed by atoms with E-state index in [0.717, 1.165) is 31.7 Å². The largest absolute Gasteiger partial charge is 0.366 e. The topological polar surface area (TPSA) is 75.9 Å². The first-order valence-electron chi connectivity index (χ1n) is 8.03. The van der Waals surface area contributed by atoms with E-state index in [9.17, 15) is 4.79 Å². The molecule has 0 bridgehead atoms. The van der Waals surface area contributed by atoms with Crippen LogP contribution in [0.25, 0.3) is 0 Å². The van der Waals surface area contributed by atoms with E-state index in [2.05, 4.69) is 20.6 Å². The number of carbonyl (C=O) groups is 1. The average molecular weight is 314 g/mol. The van der Waals surface area contributed by atoms with Crippen molar-refractivity contribution >= 4 is 11.7 Å². The molecule has 2 aromatic heterocycles. The Balaban J connectivity index is 1.47. The lowest BCUT2D eigenvalue weighted by Crippen LogP contribution is -2.45. The molecule has 122 valence electrons. The number of nitrogens with zero attached hydrogens (tertiary/aromatic N) is 5. The van der Waals surface area contributed by atoms with Gasteiger partial charge >= 0.3 is 0 Å². The molecule has 1 aliphatic rings. The Morgan fingerprint density at radius 3 is 2.83 bits per heavy atom. The third-order valence-corrected chi connectivity index (χ3v) is 4.17. The summed E-state index contributed by atoms with van der Waals surface area (Å²) in [4.78, 5) is 14.5. The number of aromatic nitrogens is 4. The second-order valence-corrected chi connectivity index (χ2v) is 5.98. The lowest BCUT2D eigenvalue weighted by atomic mass is 10.0. The van der Waals surface area contributed by atoms with Crippen LogP contribution in [-0.4, -0.2) is 49.9 Å². The molecule has 1 atom stereocenters. The molecule has 0 aliphatic carbocycles. The Kier molecular flexibility index (Phi) is 4.85. The number of nitrogens with one attached hydrogen (secondary N) is 1. The molecule has 0 saturated carbocycles. The van der Waals surface area contributed by atoms with Crippen molar-refractivity contribution in [2.75, 3.05) is 18.4 Å². The third-order valence-electron chi connectivity index (χ3n) is 4.17. The summed E-state index contributed by atoms with van der Waals surface area (Å²) in [5.74, 6) is 0.946. The number of amides is 1. The molecular weight excluding hydrogens is 292 g/mol. The zero-order valence-corrected chi connectivity index (χ0v) is 13.3. The van der Waals surface area contributed by atoms with Crippen molar-refractivity contribution in [3.63, 3.8) is 0 Å². The van der Waals surface area contributed by atoms with Crippen LogP contribution in [0, 0.1) is 5.92 Å². The first-order valence-corrected chi connectivity index (χ1v) is 8.03. The molecule has 1 amide bonds. The van der Waals surface area contributed by atoms with Gasteiger partial charge in [-0.15, -0.1) is 5.10 Å². The minimum Gasteiger partial charge on any atom is -0.366 e. The van der Waals surface area contributed by atoms with Crippen LogP contribution in [-0.2, 0) is 11.3 Å². The van der Waals surface area contributed by atoms with E-state index < -0.39 is 0 Å². The van der Waals surface area contributed by atoms with Gasteiger partial charge in [0, 0.05) is 37.7 Å². The van der Waals surface area contributed by atoms with E-state index >= 15 is 0 Å². The van der Waals surface area contributed by atoms with Gasteiger partial charge < -0.3 is 10.2 Å². The molecule has 23 heavy (non-hydrogen) atoms. The number of likely N-dealkylation sites (tertiary alicyclic amines) is 1. The maximum absolute atomic E-state index is 12.5. The number of piperidine rings is 1. The number of anilines is 1. The molecule has 1 aliphatic heterocycles. The summed E-state index contributed by atoms with van der Waals surface area (Å²) < 4.78 is 1.81. The fraction of sp³-hybridized carbons (Fsp3) is 0.500. The summed E-state index contributed by atoms with van der Waals surface area (Å²) in [5, 5.41) is 15.5. The highest BCUT2D eigenvalue weighted by atomic mass is 16.2. The summed E-state index contributed by atoms with van der Waals surface area (Å²) in [7, 11) is 0. The molecule has 2 aromatic rings. The fourth-order valence-corrected chi connectivity index (χ4v) is 2.91. The van der Waals surface area contributed by atoms with Crippen LogP contribution in [0.3, 0.4) is 0 Å². The average Bonchev–Trinajstić information content (AvgIpc) is 3.09. The Morgan fingerprint density at radius 2 is 2.17 bits per heavy atom. The van der Waals surface area contributed by atoms with Gasteiger partial charge in [-0.1, -0.05) is 6.92 Å². The van der Waals surface area contributed by atoms with Crippen LogP contribution < -0.4 is 5.32 Å². The minimum atomic E-state index is -0.0561. The Morgan fingerprint density at radius 1 is 1.35 bits per heavy atom. The fourth-order valence-electron chi connectivity index (χ4n) is 2.91. The standard InChI is InChI=1S/C16H22N6O/c1-13(12-22-9-3-8-18-22)16(23)21-10-5-14(6-11-21)19-15-4-2-7-17-20-15/h2-4,7-9,13-14H,5-6,10-12H2,1H3,(H,19,20)/t13-/m0/s1. The maximum Gasteiger partial charge on any atom is 0.227 e. The van der Waals surface area contributed by atoms with Crippen LogP contribution in [0.4, 0.5) is 5.82 Å². The van der Waals surface area contributed by atoms with Gasteiger partial charge in [0.1, 0.15) is 5.82 Å². The minimum absolute atomic E-state index is 0.0561. The van der Waals surface area contributed by atoms with E-state index in [-0.39, 0.29) is 11.8 Å². The first kappa shape index (κ1) is 15.5. The van der Waals surface area contributed by atoms with Gasteiger partial charge in [0.2, 0.25) is 5.91 Å². The van der Waals surface area contributed by atoms with Gasteiger partial charge in [0.05, 0.1) is 12.5 Å². The summed E-state index contributed by atoms with van der Waals surface area (Å²) in [5.41, 5.74) is 0. The van der Waals surface area contributed by atoms with Crippen molar-refractivity contribution in [2.45, 2.75) is 32.4 Å². The van der Waals surface area contributed by atoms with Gasteiger partial charge in [-0.25, -0.2) is 0 Å². The highest BCUT2D eigenvalue weighted by molar-refractivity contribution is 5.78. The van der Waals surface area contributed by atoms with Crippen molar-refractivity contribution < 1.29 is 4.79 Å². The Hall–Kier alpha value is -2.44. The van der Waals surface area contributed by atoms with Gasteiger partial charge in [-0.3, -0.25) is 9.48 Å². The molecule has 1 N–H and O–H groups in total. The lowest BCUT2D eigenvalue weighted by molar-refractivity contribution is -0.136. The predicted octanol–water partition coefficient (Wildman–Crippen LogP) is 1.41. The van der Waals surface area contributed by atoms with Gasteiger partial charge in [0.15, 0.2) is 0 Å². The van der Waals surface area contributed by atoms with Gasteiger partial charge in [-0.05, 0) is 31.0 Å². The Bertz CT molecular complexity index is 607. The van der Waals surface area contributed by atoms with Crippen molar-refractivity contribution in [2.24, 2.45) is 5.92 Å². The molecule has 1 fully saturated rings. The zero-order valence-electron chi connectivity index (χ0n) is 13.3. The normalized spacial score (nSPS) is 17.0. The third kappa shape index (κ3) is 4.06. The van der Waals surface area contributed by atoms with Crippen molar-refractivity contribution in [3.8, 4) is 0 Å². The molecule has 7 nitrogen and oxygen atoms in total. The molecule has 1 saturated heterocycles. The quantitative estimate of drug-likeness (QED) is 0.903. The van der Waals surface area contributed by atoms with Crippen molar-refractivity contribution in [1.29, 1.82) is 0 Å². The molecule has 3 heterocycles. The van der Waals surface area contributed by atoms with E-state index in [1.54, 1.807) is 12.4 Å². The molecular formula is C16H22N6O. The highest BCUT2D eigenvalue weighted by Crippen LogP contribution is 2.17. The van der Waals surface area contributed by atoms with E-state index in [1.807, 2.05) is 40.9 Å². The number of hydrogen-bond acceptors (Lipinski definition) is 5. The van der Waals surface area contributed by atoms with Crippen LogP contribution in [0.15, 0.2) is 36.8 Å². The first-order chi connectivity index (χ1) is 11.2. The predicted molar refractivity (Wildman–Crippen MR) is 86.6 cm³/mol. The smallest absolute Gasteiger partial charge is 0.227 e. The van der Waals surface area contributed by atoms with Crippen molar-refractivity contribution in [3.05, 3.63) is 36.8 Å². The maximum atomic E-state index is 12.5. The van der Waals surface area contributed by atoms with E-state index in [0.29, 0.717) is 12.6 Å². The second kappa shape index (κ2) is 7.21. The van der Waals surface area contributed by atoms with Crippen LogP contribution >= 0.6 is 0 Å². The van der Waals surface area contributed by atoms with Crippen molar-refractivity contribution in [1.82, 2.24) is 24.9 Å². The number of rotatable bonds is 5. The number of carbonyl (C=O) groups excluding carboxylic acids is 1. The number of hydrogen-bond donors (Lipinski definition) is 1. The highest BCUT2D eigenvalue weighted by Gasteiger charge is 2.26. The molecule has 0 aromatic carbocycles. The molecule has 7 heteroatoms. The molecule has 0 radical (unpaired) electrons. The Labute approximate surface area is 135 Å². The summed E-state index contributed by atoms with van der Waals surface area (Å²) in [6.07, 6.45) is 7.14. The van der Waals surface area contributed by atoms with Crippen LogP contribution in [0.2, 0.25) is 0 Å². The molecule has 3 rings (SSSR count). The summed E-state index contributed by atoms with van der Waals surface area (Å²) in [6.45, 7) is 4.15. The molecule has 0 spiro atoms. The van der Waals surface area contributed by atoms with Crippen LogP contribution in [0.1, 0.15) is 19.8 Å². The lowest BCUT2D eigenvalue weighted by Gasteiger charge is -2.34. The second-order valence-electron chi connectivity index (χ2n) is 5.98. The van der Waals surface area contributed by atoms with E-state index in [1.165, 1.54) is 0 Å². The van der Waals surface area contributed by atoms with Gasteiger partial charge in [0.25, 0.3) is 0 Å². The van der Waals surface area contributed by atoms with Gasteiger partial charge in [-0.2, -0.15) is 10.2 Å². The van der Waals surface area contributed by atoms with Crippen LogP contribution in [0.5, 0.6) is 0 Å². The molecule has 0 unspecified atom stereocenters.